The Bertz CT molecular complexity index is 568. The highest BCUT2D eigenvalue weighted by Gasteiger charge is 2.40. The Hall–Kier alpha value is -1.93. The molecule has 2 atom stereocenters. The summed E-state index contributed by atoms with van der Waals surface area (Å²) in [5, 5.41) is 20.9. The van der Waals surface area contributed by atoms with Crippen LogP contribution < -0.4 is 4.90 Å². The van der Waals surface area contributed by atoms with Gasteiger partial charge >= 0.3 is 11.7 Å². The fourth-order valence-corrected chi connectivity index (χ4v) is 2.42. The summed E-state index contributed by atoms with van der Waals surface area (Å²) >= 11 is 5.79. The summed E-state index contributed by atoms with van der Waals surface area (Å²) in [7, 11) is 0. The first-order valence-corrected chi connectivity index (χ1v) is 6.74. The van der Waals surface area contributed by atoms with Crippen LogP contribution in [0.5, 0.6) is 0 Å². The van der Waals surface area contributed by atoms with Gasteiger partial charge in [-0.3, -0.25) is 10.1 Å². The van der Waals surface area contributed by atoms with Crippen LogP contribution in [-0.2, 0) is 9.53 Å². The Labute approximate surface area is 125 Å². The molecule has 0 aliphatic carbocycles. The predicted octanol–water partition coefficient (Wildman–Crippen LogP) is 1.15. The highest BCUT2D eigenvalue weighted by atomic mass is 35.5. The second kappa shape index (κ2) is 6.23. The number of hydrogen-bond acceptors (Lipinski definition) is 7. The fourth-order valence-electron chi connectivity index (χ4n) is 2.28. The van der Waals surface area contributed by atoms with Crippen molar-refractivity contribution in [2.75, 3.05) is 18.1 Å². The van der Waals surface area contributed by atoms with E-state index in [9.17, 15) is 20.0 Å². The van der Waals surface area contributed by atoms with Crippen molar-refractivity contribution in [1.29, 1.82) is 0 Å². The van der Waals surface area contributed by atoms with Crippen molar-refractivity contribution in [2.45, 2.75) is 25.5 Å². The molecule has 114 valence electrons. The lowest BCUT2D eigenvalue weighted by Crippen LogP contribution is -2.38. The number of pyridine rings is 1. The monoisotopic (exact) mass is 315 g/mol. The number of anilines is 1. The third-order valence-electron chi connectivity index (χ3n) is 3.13. The van der Waals surface area contributed by atoms with Crippen molar-refractivity contribution in [3.05, 3.63) is 27.4 Å². The van der Waals surface area contributed by atoms with Gasteiger partial charge in [-0.1, -0.05) is 11.6 Å². The lowest BCUT2D eigenvalue weighted by molar-refractivity contribution is -0.384. The van der Waals surface area contributed by atoms with E-state index in [0.29, 0.717) is 0 Å². The van der Waals surface area contributed by atoms with Crippen LogP contribution in [0.4, 0.5) is 11.5 Å². The van der Waals surface area contributed by atoms with Crippen molar-refractivity contribution in [2.24, 2.45) is 0 Å². The number of aromatic nitrogens is 1. The molecular weight excluding hydrogens is 302 g/mol. The summed E-state index contributed by atoms with van der Waals surface area (Å²) in [4.78, 5) is 27.7. The maximum atomic E-state index is 11.9. The van der Waals surface area contributed by atoms with Crippen LogP contribution >= 0.6 is 11.6 Å². The van der Waals surface area contributed by atoms with Gasteiger partial charge in [0.1, 0.15) is 11.2 Å². The molecule has 8 nitrogen and oxygen atoms in total. The molecule has 1 aromatic rings. The Morgan fingerprint density at radius 1 is 1.67 bits per heavy atom. The van der Waals surface area contributed by atoms with Crippen LogP contribution in [-0.4, -0.2) is 46.3 Å². The van der Waals surface area contributed by atoms with Gasteiger partial charge in [-0.05, 0) is 13.0 Å². The normalized spacial score (nSPS) is 21.4. The molecule has 0 radical (unpaired) electrons. The summed E-state index contributed by atoms with van der Waals surface area (Å²) in [6.07, 6.45) is -0.663. The van der Waals surface area contributed by atoms with Gasteiger partial charge in [-0.15, -0.1) is 0 Å². The first-order chi connectivity index (χ1) is 9.93. The number of nitro groups is 1. The molecular formula is C12H14ClN3O5. The summed E-state index contributed by atoms with van der Waals surface area (Å²) < 4.78 is 4.93. The highest BCUT2D eigenvalue weighted by Crippen LogP contribution is 2.33. The molecule has 1 unspecified atom stereocenters. The van der Waals surface area contributed by atoms with Gasteiger partial charge in [-0.25, -0.2) is 9.78 Å². The third-order valence-corrected chi connectivity index (χ3v) is 3.34. The standard InChI is InChI=1S/C12H14ClN3O5/c1-2-21-12(18)9-5-7(17)6-15(9)11-8(16(19)20)3-4-10(13)14-11/h3-4,7,9,17H,2,5-6H2,1H3/t7-,9?/m0/s1. The van der Waals surface area contributed by atoms with E-state index in [0.717, 1.165) is 0 Å². The first kappa shape index (κ1) is 15.5. The average Bonchev–Trinajstić information content (AvgIpc) is 2.80. The summed E-state index contributed by atoms with van der Waals surface area (Å²) in [6, 6.07) is 1.71. The van der Waals surface area contributed by atoms with Crippen LogP contribution in [0.2, 0.25) is 5.15 Å². The van der Waals surface area contributed by atoms with Gasteiger partial charge in [0.2, 0.25) is 5.82 Å². The number of carbonyl (C=O) groups excluding carboxylic acids is 1. The molecule has 2 rings (SSSR count). The molecule has 1 aliphatic rings. The summed E-state index contributed by atoms with van der Waals surface area (Å²) in [5.74, 6) is -0.591. The van der Waals surface area contributed by atoms with E-state index < -0.39 is 23.0 Å². The lowest BCUT2D eigenvalue weighted by atomic mass is 10.2. The molecule has 1 aromatic heterocycles. The second-order valence-electron chi connectivity index (χ2n) is 4.54. The van der Waals surface area contributed by atoms with E-state index in [1.807, 2.05) is 0 Å². The molecule has 0 bridgehead atoms. The number of aliphatic hydroxyl groups is 1. The smallest absolute Gasteiger partial charge is 0.328 e. The van der Waals surface area contributed by atoms with Gasteiger partial charge in [-0.2, -0.15) is 0 Å². The fraction of sp³-hybridized carbons (Fsp3) is 0.500. The largest absolute Gasteiger partial charge is 0.464 e. The zero-order chi connectivity index (χ0) is 15.6. The quantitative estimate of drug-likeness (QED) is 0.384. The Morgan fingerprint density at radius 2 is 2.38 bits per heavy atom. The number of halogens is 1. The van der Waals surface area contributed by atoms with E-state index >= 15 is 0 Å². The molecule has 1 aliphatic heterocycles. The molecule has 1 saturated heterocycles. The van der Waals surface area contributed by atoms with Crippen molar-refractivity contribution in [3.63, 3.8) is 0 Å². The average molecular weight is 316 g/mol. The number of rotatable bonds is 4. The number of nitrogens with zero attached hydrogens (tertiary/aromatic N) is 3. The summed E-state index contributed by atoms with van der Waals surface area (Å²) in [5.41, 5.74) is -0.275. The van der Waals surface area contributed by atoms with Crippen molar-refractivity contribution >= 4 is 29.1 Å². The molecule has 0 amide bonds. The zero-order valence-corrected chi connectivity index (χ0v) is 12.0. The molecule has 0 spiro atoms. The van der Waals surface area contributed by atoms with Crippen LogP contribution in [0.15, 0.2) is 12.1 Å². The Morgan fingerprint density at radius 3 is 3.00 bits per heavy atom. The number of ether oxygens (including phenoxy) is 1. The topological polar surface area (TPSA) is 106 Å². The number of β-amino-alcohol motifs (C(OH)–C–C–N with tert-alkyl or cyclic N) is 1. The van der Waals surface area contributed by atoms with Crippen molar-refractivity contribution in [1.82, 2.24) is 4.98 Å². The van der Waals surface area contributed by atoms with Gasteiger partial charge in [0, 0.05) is 19.0 Å². The van der Waals surface area contributed by atoms with E-state index in [1.54, 1.807) is 6.92 Å². The highest BCUT2D eigenvalue weighted by molar-refractivity contribution is 6.29. The van der Waals surface area contributed by atoms with Crippen LogP contribution in [0, 0.1) is 10.1 Å². The molecule has 21 heavy (non-hydrogen) atoms. The minimum absolute atomic E-state index is 0.0397. The van der Waals surface area contributed by atoms with E-state index in [-0.39, 0.29) is 36.2 Å². The van der Waals surface area contributed by atoms with Gasteiger partial charge in [0.25, 0.3) is 0 Å². The Balaban J connectivity index is 2.41. The van der Waals surface area contributed by atoms with Crippen molar-refractivity contribution < 1.29 is 19.6 Å². The predicted molar refractivity (Wildman–Crippen MR) is 74.3 cm³/mol. The SMILES string of the molecule is CCOC(=O)C1C[C@H](O)CN1c1nc(Cl)ccc1[N+](=O)[O-]. The van der Waals surface area contributed by atoms with Crippen LogP contribution in [0.1, 0.15) is 13.3 Å². The number of aliphatic hydroxyl groups excluding tert-OH is 1. The Kier molecular flexibility index (Phi) is 4.59. The minimum Gasteiger partial charge on any atom is -0.464 e. The number of hydrogen-bond donors (Lipinski definition) is 1. The molecule has 9 heteroatoms. The van der Waals surface area contributed by atoms with E-state index in [2.05, 4.69) is 4.98 Å². The molecule has 0 aromatic carbocycles. The van der Waals surface area contributed by atoms with E-state index in [4.69, 9.17) is 16.3 Å². The number of esters is 1. The molecule has 1 N–H and O–H groups in total. The third kappa shape index (κ3) is 3.22. The molecule has 1 fully saturated rings. The maximum absolute atomic E-state index is 11.9. The maximum Gasteiger partial charge on any atom is 0.328 e. The zero-order valence-electron chi connectivity index (χ0n) is 11.2. The van der Waals surface area contributed by atoms with Gasteiger partial charge in [0.15, 0.2) is 0 Å². The number of carbonyl (C=O) groups is 1. The van der Waals surface area contributed by atoms with Crippen molar-refractivity contribution in [3.8, 4) is 0 Å². The summed E-state index contributed by atoms with van der Waals surface area (Å²) in [6.45, 7) is 1.90. The lowest BCUT2D eigenvalue weighted by Gasteiger charge is -2.23. The molecule has 0 saturated carbocycles. The van der Waals surface area contributed by atoms with E-state index in [1.165, 1.54) is 17.0 Å². The first-order valence-electron chi connectivity index (χ1n) is 6.36. The second-order valence-corrected chi connectivity index (χ2v) is 4.93. The van der Waals surface area contributed by atoms with Gasteiger partial charge < -0.3 is 14.7 Å². The van der Waals surface area contributed by atoms with Crippen LogP contribution in [0.25, 0.3) is 0 Å². The van der Waals surface area contributed by atoms with Gasteiger partial charge in [0.05, 0.1) is 17.6 Å². The minimum atomic E-state index is -0.815. The van der Waals surface area contributed by atoms with Crippen LogP contribution in [0.3, 0.4) is 0 Å². The molecule has 2 heterocycles.